The molecule has 0 saturated carbocycles. The molecule has 3 heterocycles. The Labute approximate surface area is 126 Å². The topological polar surface area (TPSA) is 79.1 Å². The molecule has 2 aliphatic rings. The summed E-state index contributed by atoms with van der Waals surface area (Å²) in [4.78, 5) is 11.1. The van der Waals surface area contributed by atoms with E-state index in [-0.39, 0.29) is 0 Å². The van der Waals surface area contributed by atoms with E-state index in [0.29, 0.717) is 17.3 Å². The van der Waals surface area contributed by atoms with Gasteiger partial charge in [-0.2, -0.15) is 9.97 Å². The summed E-state index contributed by atoms with van der Waals surface area (Å²) in [6, 6.07) is 2.03. The molecule has 1 spiro atoms. The fraction of sp³-hybridized carbons (Fsp3) is 0.733. The summed E-state index contributed by atoms with van der Waals surface area (Å²) in [5.74, 6) is 2.71. The van der Waals surface area contributed by atoms with Crippen molar-refractivity contribution in [2.75, 3.05) is 48.7 Å². The Morgan fingerprint density at radius 3 is 3.00 bits per heavy atom. The highest BCUT2D eigenvalue weighted by Crippen LogP contribution is 2.38. The summed E-state index contributed by atoms with van der Waals surface area (Å²) in [5, 5.41) is 6.83. The molecule has 1 atom stereocenters. The van der Waals surface area contributed by atoms with Crippen LogP contribution in [0, 0.1) is 11.3 Å². The van der Waals surface area contributed by atoms with Gasteiger partial charge in [-0.3, -0.25) is 0 Å². The van der Waals surface area contributed by atoms with Crippen LogP contribution in [0.4, 0.5) is 17.6 Å². The number of aromatic nitrogens is 2. The lowest BCUT2D eigenvalue weighted by molar-refractivity contribution is 0.369. The highest BCUT2D eigenvalue weighted by molar-refractivity contribution is 5.53. The number of hydrogen-bond acceptors (Lipinski definition) is 6. The molecule has 1 aromatic heterocycles. The Morgan fingerprint density at radius 2 is 2.29 bits per heavy atom. The van der Waals surface area contributed by atoms with Crippen LogP contribution >= 0.6 is 0 Å². The second kappa shape index (κ2) is 5.67. The highest BCUT2D eigenvalue weighted by atomic mass is 15.2. The predicted molar refractivity (Wildman–Crippen MR) is 86.5 cm³/mol. The summed E-state index contributed by atoms with van der Waals surface area (Å²) in [5.41, 5.74) is 6.31. The molecule has 0 aliphatic carbocycles. The number of rotatable bonds is 4. The third kappa shape index (κ3) is 3.20. The van der Waals surface area contributed by atoms with E-state index in [1.165, 1.54) is 12.8 Å². The molecule has 1 aromatic rings. The summed E-state index contributed by atoms with van der Waals surface area (Å²) in [7, 11) is 0. The molecule has 3 rings (SSSR count). The van der Waals surface area contributed by atoms with E-state index in [1.807, 2.05) is 6.07 Å². The molecule has 6 heteroatoms. The number of nitrogen functional groups attached to an aromatic ring is 1. The fourth-order valence-corrected chi connectivity index (χ4v) is 3.29. The third-order valence-electron chi connectivity index (χ3n) is 4.52. The number of hydrogen-bond donors (Lipinski definition) is 3. The van der Waals surface area contributed by atoms with Crippen molar-refractivity contribution in [3.8, 4) is 0 Å². The average molecular weight is 290 g/mol. The van der Waals surface area contributed by atoms with Gasteiger partial charge >= 0.3 is 0 Å². The first-order valence-electron chi connectivity index (χ1n) is 7.90. The standard InChI is InChI=1S/C15H26N6/c1-11(2)8-18-12-7-13(20-14(16)19-12)21-6-4-15(10-21)3-5-17-9-15/h7,11,17H,3-6,8-10H2,1-2H3,(H3,16,18,19,20). The zero-order valence-electron chi connectivity index (χ0n) is 13.0. The van der Waals surface area contributed by atoms with Crippen LogP contribution in [0.25, 0.3) is 0 Å². The van der Waals surface area contributed by atoms with E-state index in [2.05, 4.69) is 39.3 Å². The zero-order chi connectivity index (χ0) is 14.9. The van der Waals surface area contributed by atoms with Crippen molar-refractivity contribution in [3.63, 3.8) is 0 Å². The molecule has 2 saturated heterocycles. The smallest absolute Gasteiger partial charge is 0.223 e. The molecular formula is C15H26N6. The van der Waals surface area contributed by atoms with Crippen molar-refractivity contribution in [2.45, 2.75) is 26.7 Å². The van der Waals surface area contributed by atoms with Gasteiger partial charge in [0.25, 0.3) is 0 Å². The first-order valence-corrected chi connectivity index (χ1v) is 7.90. The van der Waals surface area contributed by atoms with Gasteiger partial charge in [0, 0.05) is 37.7 Å². The Bertz CT molecular complexity index is 495. The van der Waals surface area contributed by atoms with Gasteiger partial charge in [0.05, 0.1) is 0 Å². The number of nitrogens with one attached hydrogen (secondary N) is 2. The summed E-state index contributed by atoms with van der Waals surface area (Å²) in [6.07, 6.45) is 2.50. The van der Waals surface area contributed by atoms with E-state index in [0.717, 1.165) is 44.4 Å². The van der Waals surface area contributed by atoms with Crippen LogP contribution in [0.15, 0.2) is 6.07 Å². The second-order valence-corrected chi connectivity index (χ2v) is 6.84. The summed E-state index contributed by atoms with van der Waals surface area (Å²) >= 11 is 0. The third-order valence-corrected chi connectivity index (χ3v) is 4.52. The van der Waals surface area contributed by atoms with Gasteiger partial charge in [-0.15, -0.1) is 0 Å². The molecule has 0 amide bonds. The Balaban J connectivity index is 1.73. The van der Waals surface area contributed by atoms with Crippen LogP contribution in [0.5, 0.6) is 0 Å². The summed E-state index contributed by atoms with van der Waals surface area (Å²) < 4.78 is 0. The van der Waals surface area contributed by atoms with Crippen LogP contribution in [0.3, 0.4) is 0 Å². The van der Waals surface area contributed by atoms with E-state index >= 15 is 0 Å². The molecule has 116 valence electrons. The number of anilines is 3. The Kier molecular flexibility index (Phi) is 3.89. The normalized spacial score (nSPS) is 25.2. The van der Waals surface area contributed by atoms with E-state index < -0.39 is 0 Å². The lowest BCUT2D eigenvalue weighted by Gasteiger charge is -2.23. The maximum atomic E-state index is 5.88. The quantitative estimate of drug-likeness (QED) is 0.776. The molecule has 0 aromatic carbocycles. The molecule has 4 N–H and O–H groups in total. The highest BCUT2D eigenvalue weighted by Gasteiger charge is 2.40. The van der Waals surface area contributed by atoms with Gasteiger partial charge in [0.15, 0.2) is 0 Å². The maximum absolute atomic E-state index is 5.88. The minimum atomic E-state index is 0.351. The average Bonchev–Trinajstić information content (AvgIpc) is 3.07. The van der Waals surface area contributed by atoms with Crippen LogP contribution in [0.2, 0.25) is 0 Å². The minimum absolute atomic E-state index is 0.351. The van der Waals surface area contributed by atoms with Crippen LogP contribution < -0.4 is 21.3 Å². The SMILES string of the molecule is CC(C)CNc1cc(N2CCC3(CCNC3)C2)nc(N)n1. The van der Waals surface area contributed by atoms with Gasteiger partial charge in [-0.25, -0.2) is 0 Å². The Hall–Kier alpha value is -1.56. The number of nitrogens with two attached hydrogens (primary N) is 1. The molecule has 0 bridgehead atoms. The van der Waals surface area contributed by atoms with Crippen LogP contribution in [-0.2, 0) is 0 Å². The predicted octanol–water partition coefficient (Wildman–Crippen LogP) is 1.32. The van der Waals surface area contributed by atoms with Crippen molar-refractivity contribution in [3.05, 3.63) is 6.07 Å². The molecule has 2 fully saturated rings. The van der Waals surface area contributed by atoms with Gasteiger partial charge in [0.1, 0.15) is 11.6 Å². The lowest BCUT2D eigenvalue weighted by Crippen LogP contribution is -2.29. The van der Waals surface area contributed by atoms with Crippen molar-refractivity contribution in [2.24, 2.45) is 11.3 Å². The maximum Gasteiger partial charge on any atom is 0.223 e. The van der Waals surface area contributed by atoms with E-state index in [1.54, 1.807) is 0 Å². The minimum Gasteiger partial charge on any atom is -0.370 e. The van der Waals surface area contributed by atoms with Gasteiger partial charge in [-0.05, 0) is 25.3 Å². The summed E-state index contributed by atoms with van der Waals surface area (Å²) in [6.45, 7) is 9.64. The largest absolute Gasteiger partial charge is 0.370 e. The first-order chi connectivity index (χ1) is 10.1. The van der Waals surface area contributed by atoms with E-state index in [9.17, 15) is 0 Å². The molecular weight excluding hydrogens is 264 g/mol. The molecule has 6 nitrogen and oxygen atoms in total. The van der Waals surface area contributed by atoms with Gasteiger partial charge in [-0.1, -0.05) is 13.8 Å². The van der Waals surface area contributed by atoms with Crippen LogP contribution in [0.1, 0.15) is 26.7 Å². The van der Waals surface area contributed by atoms with Gasteiger partial charge < -0.3 is 21.3 Å². The van der Waals surface area contributed by atoms with Crippen molar-refractivity contribution in [1.82, 2.24) is 15.3 Å². The molecule has 21 heavy (non-hydrogen) atoms. The molecule has 0 radical (unpaired) electrons. The number of nitrogens with zero attached hydrogens (tertiary/aromatic N) is 3. The molecule has 1 unspecified atom stereocenters. The zero-order valence-corrected chi connectivity index (χ0v) is 13.0. The van der Waals surface area contributed by atoms with Gasteiger partial charge in [0.2, 0.25) is 5.95 Å². The Morgan fingerprint density at radius 1 is 1.43 bits per heavy atom. The lowest BCUT2D eigenvalue weighted by atomic mass is 9.87. The van der Waals surface area contributed by atoms with Crippen molar-refractivity contribution in [1.29, 1.82) is 0 Å². The fourth-order valence-electron chi connectivity index (χ4n) is 3.29. The van der Waals surface area contributed by atoms with Crippen molar-refractivity contribution < 1.29 is 0 Å². The molecule has 2 aliphatic heterocycles. The van der Waals surface area contributed by atoms with Crippen LogP contribution in [-0.4, -0.2) is 42.7 Å². The monoisotopic (exact) mass is 290 g/mol. The first kappa shape index (κ1) is 14.4. The van der Waals surface area contributed by atoms with E-state index in [4.69, 9.17) is 5.73 Å². The second-order valence-electron chi connectivity index (χ2n) is 6.84. The van der Waals surface area contributed by atoms with Crippen molar-refractivity contribution >= 4 is 17.6 Å².